The molecule has 0 unspecified atom stereocenters. The van der Waals surface area contributed by atoms with E-state index >= 15 is 0 Å². The van der Waals surface area contributed by atoms with E-state index in [4.69, 9.17) is 11.6 Å². The minimum absolute atomic E-state index is 0.0505. The van der Waals surface area contributed by atoms with Crippen LogP contribution in [0.1, 0.15) is 12.5 Å². The summed E-state index contributed by atoms with van der Waals surface area (Å²) in [6.45, 7) is 4.60. The summed E-state index contributed by atoms with van der Waals surface area (Å²) in [5.74, 6) is 0. The van der Waals surface area contributed by atoms with E-state index in [2.05, 4.69) is 10.3 Å². The largest absolute Gasteiger partial charge is 0.368 e. The lowest BCUT2D eigenvalue weighted by Gasteiger charge is -2.40. The van der Waals surface area contributed by atoms with Crippen LogP contribution in [-0.4, -0.2) is 56.7 Å². The Morgan fingerprint density at radius 2 is 2.05 bits per heavy atom. The van der Waals surface area contributed by atoms with Crippen molar-refractivity contribution in [2.24, 2.45) is 0 Å². The van der Waals surface area contributed by atoms with Crippen LogP contribution in [0.15, 0.2) is 12.1 Å². The smallest absolute Gasteiger partial charge is 0.211 e. The number of benzene rings is 1. The molecule has 2 aliphatic heterocycles. The molecular formula is C14H21ClN4O2S. The molecule has 1 aromatic rings. The van der Waals surface area contributed by atoms with E-state index in [1.54, 1.807) is 4.31 Å². The highest BCUT2D eigenvalue weighted by atomic mass is 35.5. The van der Waals surface area contributed by atoms with Crippen LogP contribution in [0.2, 0.25) is 5.02 Å². The molecule has 1 atom stereocenters. The van der Waals surface area contributed by atoms with Gasteiger partial charge in [-0.15, -0.1) is 0 Å². The summed E-state index contributed by atoms with van der Waals surface area (Å²) in [6, 6.07) is 3.86. The molecular weight excluding hydrogens is 324 g/mol. The molecule has 0 aromatic heterocycles. The Labute approximate surface area is 136 Å². The van der Waals surface area contributed by atoms with Gasteiger partial charge in [-0.2, -0.15) is 4.31 Å². The zero-order valence-electron chi connectivity index (χ0n) is 13.0. The molecule has 1 fully saturated rings. The Kier molecular flexibility index (Phi) is 4.01. The van der Waals surface area contributed by atoms with Crippen molar-refractivity contribution in [3.8, 4) is 0 Å². The number of nitrogens with one attached hydrogen (secondary N) is 1. The van der Waals surface area contributed by atoms with Gasteiger partial charge in [0.2, 0.25) is 10.0 Å². The number of rotatable bonds is 2. The zero-order chi connectivity index (χ0) is 16.1. The second-order valence-electron chi connectivity index (χ2n) is 6.09. The third-order valence-corrected chi connectivity index (χ3v) is 5.84. The molecule has 2 heterocycles. The highest BCUT2D eigenvalue weighted by Crippen LogP contribution is 2.37. The average Bonchev–Trinajstić information content (AvgIpc) is 2.76. The lowest BCUT2D eigenvalue weighted by Crippen LogP contribution is -2.53. The Hall–Kier alpha value is -1.02. The first kappa shape index (κ1) is 15.9. The number of hydrogen-bond acceptors (Lipinski definition) is 5. The van der Waals surface area contributed by atoms with Crippen LogP contribution in [0.25, 0.3) is 0 Å². The minimum Gasteiger partial charge on any atom is -0.368 e. The summed E-state index contributed by atoms with van der Waals surface area (Å²) in [4.78, 5) is 2.23. The number of nitrogens with zero attached hydrogens (tertiary/aromatic N) is 3. The van der Waals surface area contributed by atoms with Gasteiger partial charge in [-0.1, -0.05) is 11.6 Å². The number of piperazine rings is 1. The van der Waals surface area contributed by atoms with Gasteiger partial charge in [-0.25, -0.2) is 13.4 Å². The Balaban J connectivity index is 1.88. The van der Waals surface area contributed by atoms with Crippen molar-refractivity contribution in [2.75, 3.05) is 43.3 Å². The Morgan fingerprint density at radius 3 is 2.68 bits per heavy atom. The van der Waals surface area contributed by atoms with Gasteiger partial charge in [0.1, 0.15) is 0 Å². The summed E-state index contributed by atoms with van der Waals surface area (Å²) in [7, 11) is -1.16. The van der Waals surface area contributed by atoms with E-state index in [0.29, 0.717) is 24.7 Å². The maximum absolute atomic E-state index is 11.8. The molecule has 1 aromatic carbocycles. The van der Waals surface area contributed by atoms with Gasteiger partial charge in [0.05, 0.1) is 11.9 Å². The van der Waals surface area contributed by atoms with Gasteiger partial charge in [0.15, 0.2) is 0 Å². The fourth-order valence-electron chi connectivity index (χ4n) is 3.31. The molecule has 0 radical (unpaired) electrons. The van der Waals surface area contributed by atoms with E-state index in [-0.39, 0.29) is 6.04 Å². The van der Waals surface area contributed by atoms with Crippen LogP contribution in [-0.2, 0) is 16.6 Å². The molecule has 1 N–H and O–H groups in total. The van der Waals surface area contributed by atoms with E-state index in [9.17, 15) is 8.42 Å². The lowest BCUT2D eigenvalue weighted by molar-refractivity contribution is 0.308. The Bertz CT molecular complexity index is 694. The van der Waals surface area contributed by atoms with Crippen LogP contribution in [0.3, 0.4) is 0 Å². The van der Waals surface area contributed by atoms with Crippen molar-refractivity contribution in [2.45, 2.75) is 19.5 Å². The molecule has 6 nitrogen and oxygen atoms in total. The Morgan fingerprint density at radius 1 is 1.32 bits per heavy atom. The number of halogens is 1. The monoisotopic (exact) mass is 344 g/mol. The third kappa shape index (κ3) is 2.90. The maximum Gasteiger partial charge on any atom is 0.211 e. The van der Waals surface area contributed by atoms with Crippen LogP contribution in [0, 0.1) is 0 Å². The number of anilines is 2. The highest BCUT2D eigenvalue weighted by Gasteiger charge is 2.32. The first-order valence-corrected chi connectivity index (χ1v) is 9.50. The van der Waals surface area contributed by atoms with Crippen molar-refractivity contribution in [3.63, 3.8) is 0 Å². The normalized spacial score (nSPS) is 23.5. The number of sulfonamides is 1. The molecule has 0 amide bonds. The van der Waals surface area contributed by atoms with Gasteiger partial charge >= 0.3 is 0 Å². The molecule has 2 aliphatic rings. The van der Waals surface area contributed by atoms with Crippen LogP contribution >= 0.6 is 11.6 Å². The summed E-state index contributed by atoms with van der Waals surface area (Å²) in [6.07, 6.45) is 1.27. The van der Waals surface area contributed by atoms with Crippen LogP contribution in [0.5, 0.6) is 0 Å². The van der Waals surface area contributed by atoms with Gasteiger partial charge in [0.25, 0.3) is 0 Å². The van der Waals surface area contributed by atoms with Gasteiger partial charge in [-0.3, -0.25) is 0 Å². The number of hydrazine groups is 1. The predicted octanol–water partition coefficient (Wildman–Crippen LogP) is 1.58. The van der Waals surface area contributed by atoms with Crippen molar-refractivity contribution in [3.05, 3.63) is 22.7 Å². The fraction of sp³-hybridized carbons (Fsp3) is 0.571. The van der Waals surface area contributed by atoms with Gasteiger partial charge < -0.3 is 10.3 Å². The van der Waals surface area contributed by atoms with Crippen LogP contribution in [0.4, 0.5) is 11.4 Å². The third-order valence-electron chi connectivity index (χ3n) is 4.23. The number of fused-ring (bicyclic) bond motifs is 1. The lowest BCUT2D eigenvalue weighted by atomic mass is 10.1. The number of hydrogen-bond donors (Lipinski definition) is 1. The maximum atomic E-state index is 11.8. The van der Waals surface area contributed by atoms with Crippen molar-refractivity contribution >= 4 is 33.0 Å². The quantitative estimate of drug-likeness (QED) is 0.882. The SMILES string of the molecule is C[C@@H]1CN(c2cc(Cl)cc3c2CN(C)N3)CCN1S(C)(=O)=O. The predicted molar refractivity (Wildman–Crippen MR) is 89.8 cm³/mol. The molecule has 122 valence electrons. The summed E-state index contributed by atoms with van der Waals surface area (Å²) in [5.41, 5.74) is 6.62. The summed E-state index contributed by atoms with van der Waals surface area (Å²) >= 11 is 6.24. The molecule has 0 aliphatic carbocycles. The average molecular weight is 345 g/mol. The van der Waals surface area contributed by atoms with E-state index < -0.39 is 10.0 Å². The second kappa shape index (κ2) is 5.56. The summed E-state index contributed by atoms with van der Waals surface area (Å²) < 4.78 is 25.2. The van der Waals surface area contributed by atoms with Crippen molar-refractivity contribution in [1.82, 2.24) is 9.31 Å². The molecule has 22 heavy (non-hydrogen) atoms. The minimum atomic E-state index is -3.15. The van der Waals surface area contributed by atoms with Crippen molar-refractivity contribution in [1.29, 1.82) is 0 Å². The first-order chi connectivity index (χ1) is 10.3. The van der Waals surface area contributed by atoms with E-state index in [1.807, 2.05) is 31.1 Å². The van der Waals surface area contributed by atoms with Crippen molar-refractivity contribution < 1.29 is 8.42 Å². The van der Waals surface area contributed by atoms with Gasteiger partial charge in [0, 0.05) is 55.5 Å². The zero-order valence-corrected chi connectivity index (χ0v) is 14.6. The van der Waals surface area contributed by atoms with Gasteiger partial charge in [-0.05, 0) is 19.1 Å². The van der Waals surface area contributed by atoms with E-state index in [0.717, 1.165) is 17.9 Å². The second-order valence-corrected chi connectivity index (χ2v) is 8.46. The molecule has 8 heteroatoms. The topological polar surface area (TPSA) is 55.9 Å². The molecule has 0 bridgehead atoms. The first-order valence-electron chi connectivity index (χ1n) is 7.27. The molecule has 0 saturated carbocycles. The van der Waals surface area contributed by atoms with Crippen LogP contribution < -0.4 is 10.3 Å². The highest BCUT2D eigenvalue weighted by molar-refractivity contribution is 7.88. The molecule has 0 spiro atoms. The standard InChI is InChI=1S/C14H21ClN4O2S/c1-10-8-18(4-5-19(10)22(3,20)21)14-7-11(15)6-13-12(14)9-17(2)16-13/h6-7,10,16H,4-5,8-9H2,1-3H3/t10-/m1/s1. The van der Waals surface area contributed by atoms with E-state index in [1.165, 1.54) is 11.8 Å². The summed E-state index contributed by atoms with van der Waals surface area (Å²) in [5, 5.41) is 2.70. The fourth-order valence-corrected chi connectivity index (χ4v) is 4.65. The molecule has 3 rings (SSSR count). The molecule has 1 saturated heterocycles.